The largest absolute Gasteiger partial charge is 0.354 e. The van der Waals surface area contributed by atoms with E-state index in [1.54, 1.807) is 21.9 Å². The highest BCUT2D eigenvalue weighted by Crippen LogP contribution is 2.34. The number of aryl methyl sites for hydroxylation is 1. The van der Waals surface area contributed by atoms with E-state index < -0.39 is 20.0 Å². The van der Waals surface area contributed by atoms with Gasteiger partial charge in [0.05, 0.1) is 0 Å². The zero-order chi connectivity index (χ0) is 35.1. The van der Waals surface area contributed by atoms with E-state index in [4.69, 9.17) is 0 Å². The first kappa shape index (κ1) is 37.5. The predicted octanol–water partition coefficient (Wildman–Crippen LogP) is 6.83. The van der Waals surface area contributed by atoms with E-state index in [0.29, 0.717) is 62.9 Å². The molecule has 0 bridgehead atoms. The van der Waals surface area contributed by atoms with Crippen molar-refractivity contribution < 1.29 is 23.7 Å². The fraction of sp³-hybridized carbons (Fsp3) is 0.436. The Hall–Kier alpha value is -4.36. The molecule has 0 aliphatic carbocycles. The van der Waals surface area contributed by atoms with Gasteiger partial charge in [0.2, 0.25) is 18.1 Å². The maximum atomic E-state index is 14.3. The van der Waals surface area contributed by atoms with Crippen LogP contribution in [0.3, 0.4) is 0 Å². The molecule has 4 amide bonds. The summed E-state index contributed by atoms with van der Waals surface area (Å²) in [5.41, 5.74) is 1.09. The first-order valence-corrected chi connectivity index (χ1v) is 18.6. The van der Waals surface area contributed by atoms with Crippen LogP contribution in [0.25, 0.3) is 0 Å². The van der Waals surface area contributed by atoms with Crippen molar-refractivity contribution >= 4 is 37.8 Å². The van der Waals surface area contributed by atoms with Crippen LogP contribution in [-0.2, 0) is 25.4 Å². The van der Waals surface area contributed by atoms with Gasteiger partial charge in [0.25, 0.3) is 11.8 Å². The fourth-order valence-corrected chi connectivity index (χ4v) is 7.40. The van der Waals surface area contributed by atoms with E-state index in [1.165, 1.54) is 0 Å². The number of likely N-dealkylation sites (tertiary alicyclic amines) is 1. The van der Waals surface area contributed by atoms with Crippen LogP contribution in [-0.4, -0.2) is 64.4 Å². The van der Waals surface area contributed by atoms with E-state index in [2.05, 4.69) is 10.6 Å². The molecule has 4 rings (SSSR count). The van der Waals surface area contributed by atoms with Crippen LogP contribution in [0, 0.1) is 5.92 Å². The summed E-state index contributed by atoms with van der Waals surface area (Å²) in [7, 11) is -0.785. The van der Waals surface area contributed by atoms with Crippen LogP contribution in [0.4, 0.5) is 5.69 Å². The molecule has 0 aromatic heterocycles. The fourth-order valence-electron chi connectivity index (χ4n) is 6.79. The van der Waals surface area contributed by atoms with Crippen LogP contribution >= 0.6 is 8.46 Å². The number of anilines is 1. The molecule has 1 aliphatic heterocycles. The summed E-state index contributed by atoms with van der Waals surface area (Å²) in [6, 6.07) is 27.6. The minimum Gasteiger partial charge on any atom is -0.354 e. The molecule has 260 valence electrons. The second-order valence-electron chi connectivity index (χ2n) is 13.2. The van der Waals surface area contributed by atoms with Gasteiger partial charge in [-0.3, -0.25) is 24.1 Å². The average molecular weight is 686 g/mol. The second-order valence-corrected chi connectivity index (χ2v) is 13.8. The van der Waals surface area contributed by atoms with Gasteiger partial charge >= 0.3 is 8.46 Å². The number of benzene rings is 3. The van der Waals surface area contributed by atoms with E-state index in [1.807, 2.05) is 92.7 Å². The lowest BCUT2D eigenvalue weighted by Crippen LogP contribution is -2.59. The summed E-state index contributed by atoms with van der Waals surface area (Å²) in [6.07, 6.45) is 4.75. The number of carbonyl (C=O) groups excluding carboxylic acids is 4. The van der Waals surface area contributed by atoms with E-state index in [9.17, 15) is 23.7 Å². The number of nitrogens with zero attached hydrogens (tertiary/aromatic N) is 2. The lowest BCUT2D eigenvalue weighted by atomic mass is 9.81. The van der Waals surface area contributed by atoms with Gasteiger partial charge in [0.15, 0.2) is 0 Å². The molecular formula is C39H50N4O5P+. The highest BCUT2D eigenvalue weighted by atomic mass is 31.1. The smallest absolute Gasteiger partial charge is 0.346 e. The maximum absolute atomic E-state index is 14.3. The topological polar surface area (TPSA) is 116 Å². The van der Waals surface area contributed by atoms with Gasteiger partial charge in [-0.2, -0.15) is 0 Å². The molecule has 10 heteroatoms. The summed E-state index contributed by atoms with van der Waals surface area (Å²) in [5.74, 6) is -0.757. The van der Waals surface area contributed by atoms with Crippen molar-refractivity contribution in [1.29, 1.82) is 0 Å². The molecule has 1 saturated heterocycles. The Bertz CT molecular complexity index is 1520. The molecule has 3 atom stereocenters. The van der Waals surface area contributed by atoms with Gasteiger partial charge in [-0.15, -0.1) is 0 Å². The van der Waals surface area contributed by atoms with Crippen molar-refractivity contribution in [3.05, 3.63) is 102 Å². The normalized spacial score (nSPS) is 15.5. The molecule has 1 unspecified atom stereocenters. The van der Waals surface area contributed by atoms with Crippen molar-refractivity contribution in [2.45, 2.75) is 83.2 Å². The van der Waals surface area contributed by atoms with Crippen molar-refractivity contribution in [2.24, 2.45) is 5.92 Å². The lowest BCUT2D eigenvalue weighted by Gasteiger charge is -2.42. The zero-order valence-corrected chi connectivity index (χ0v) is 29.7. The molecule has 3 aromatic rings. The van der Waals surface area contributed by atoms with Gasteiger partial charge in [-0.25, -0.2) is 0 Å². The van der Waals surface area contributed by atoms with Gasteiger partial charge in [0.1, 0.15) is 11.6 Å². The minimum atomic E-state index is -1.24. The number of rotatable bonds is 18. The van der Waals surface area contributed by atoms with Crippen molar-refractivity contribution in [2.75, 3.05) is 24.7 Å². The van der Waals surface area contributed by atoms with Crippen LogP contribution in [0.5, 0.6) is 0 Å². The molecule has 49 heavy (non-hydrogen) atoms. The average Bonchev–Trinajstić information content (AvgIpc) is 3.61. The van der Waals surface area contributed by atoms with Crippen molar-refractivity contribution in [3.63, 3.8) is 0 Å². The summed E-state index contributed by atoms with van der Waals surface area (Å²) in [4.78, 5) is 57.8. The standard InChI is InChI=1S/C39H49N4O5P/c1-30(2)28-39(38(47)41-33-21-10-5-11-22-33,43(29-49-48)35(44)24-14-18-31-16-6-3-7-17-31)25-12-13-26-40-36(45)34-23-15-27-42(34)37(46)32-19-8-4-9-20-32/h3-11,16-17,19-22,30,34H,12-15,18,23-29H2,1-2H3,(H,40,45)(H,41,47)/p+1/t34-,39-/m0/s1. The zero-order valence-electron chi connectivity index (χ0n) is 28.7. The molecule has 1 aliphatic rings. The first-order chi connectivity index (χ1) is 23.7. The van der Waals surface area contributed by atoms with Crippen LogP contribution in [0.2, 0.25) is 0 Å². The van der Waals surface area contributed by atoms with Crippen molar-refractivity contribution in [3.8, 4) is 0 Å². The summed E-state index contributed by atoms with van der Waals surface area (Å²) in [5, 5.41) is 6.07. The minimum absolute atomic E-state index is 0.0389. The summed E-state index contributed by atoms with van der Waals surface area (Å²) in [6.45, 7) is 4.95. The van der Waals surface area contributed by atoms with E-state index in [-0.39, 0.29) is 42.3 Å². The second kappa shape index (κ2) is 19.0. The quantitative estimate of drug-likeness (QED) is 0.113. The highest BCUT2D eigenvalue weighted by molar-refractivity contribution is 7.23. The Morgan fingerprint density at radius 1 is 0.898 bits per heavy atom. The van der Waals surface area contributed by atoms with E-state index in [0.717, 1.165) is 18.4 Å². The van der Waals surface area contributed by atoms with Gasteiger partial charge in [-0.1, -0.05) is 85.1 Å². The molecule has 9 nitrogen and oxygen atoms in total. The molecule has 1 fully saturated rings. The molecule has 0 spiro atoms. The molecule has 1 heterocycles. The Labute approximate surface area is 292 Å². The highest BCUT2D eigenvalue weighted by Gasteiger charge is 2.47. The predicted molar refractivity (Wildman–Crippen MR) is 195 cm³/mol. The summed E-state index contributed by atoms with van der Waals surface area (Å²) < 4.78 is 12.2. The lowest BCUT2D eigenvalue weighted by molar-refractivity contribution is -0.146. The number of para-hydroxylation sites is 1. The Kier molecular flexibility index (Phi) is 14.5. The summed E-state index contributed by atoms with van der Waals surface area (Å²) >= 11 is 0. The number of hydrogen-bond donors (Lipinski definition) is 2. The Morgan fingerprint density at radius 2 is 1.55 bits per heavy atom. The van der Waals surface area contributed by atoms with Crippen molar-refractivity contribution in [1.82, 2.24) is 15.1 Å². The van der Waals surface area contributed by atoms with Crippen LogP contribution in [0.1, 0.15) is 81.1 Å². The number of amides is 4. The third-order valence-corrected chi connectivity index (χ3v) is 9.54. The van der Waals surface area contributed by atoms with Crippen LogP contribution < -0.4 is 10.6 Å². The molecular weight excluding hydrogens is 635 g/mol. The monoisotopic (exact) mass is 685 g/mol. The van der Waals surface area contributed by atoms with Gasteiger partial charge < -0.3 is 15.5 Å². The van der Waals surface area contributed by atoms with Gasteiger partial charge in [0, 0.05) is 30.8 Å². The van der Waals surface area contributed by atoms with E-state index >= 15 is 0 Å². The Balaban J connectivity index is 1.46. The third kappa shape index (κ3) is 10.6. The molecule has 3 aromatic carbocycles. The first-order valence-electron chi connectivity index (χ1n) is 17.4. The molecule has 2 N–H and O–H groups in total. The third-order valence-electron chi connectivity index (χ3n) is 9.09. The SMILES string of the molecule is CC(C)C[C@@](CCCCNC(=O)[C@@H]1CCCN1C(=O)c1ccccc1)(C(=O)Nc1ccccc1)N(C[PH+]=O)C(=O)CCCc1ccccc1. The Morgan fingerprint density at radius 3 is 2.20 bits per heavy atom. The number of nitrogens with one attached hydrogen (secondary N) is 2. The van der Waals surface area contributed by atoms with Crippen LogP contribution in [0.15, 0.2) is 91.0 Å². The number of unbranched alkanes of at least 4 members (excludes halogenated alkanes) is 1. The van der Waals surface area contributed by atoms with Gasteiger partial charge in [-0.05, 0) is 87.1 Å². The number of hydrogen-bond acceptors (Lipinski definition) is 5. The molecule has 0 radical (unpaired) electrons. The number of carbonyl (C=O) groups is 4. The molecule has 0 saturated carbocycles. The maximum Gasteiger partial charge on any atom is 0.346 e.